The number of carbonyl (C=O) groups is 2. The smallest absolute Gasteiger partial charge is 0.344 e. The Hall–Kier alpha value is -3.33. The first-order chi connectivity index (χ1) is 12.0. The summed E-state index contributed by atoms with van der Waals surface area (Å²) in [6, 6.07) is 13.9. The van der Waals surface area contributed by atoms with Gasteiger partial charge in [-0.2, -0.15) is 5.26 Å². The first kappa shape index (κ1) is 18.0. The van der Waals surface area contributed by atoms with Crippen molar-refractivity contribution in [3.8, 4) is 11.8 Å². The molecule has 128 valence electrons. The summed E-state index contributed by atoms with van der Waals surface area (Å²) in [5.74, 6) is -0.486. The summed E-state index contributed by atoms with van der Waals surface area (Å²) in [6.07, 6.45) is 0. The number of carbonyl (C=O) groups excluding carboxylic acids is 2. The van der Waals surface area contributed by atoms with Gasteiger partial charge in [0.2, 0.25) is 0 Å². The average molecular weight is 338 g/mol. The zero-order valence-corrected chi connectivity index (χ0v) is 14.0. The van der Waals surface area contributed by atoms with Crippen LogP contribution in [0.2, 0.25) is 0 Å². The minimum absolute atomic E-state index is 0.269. The Balaban J connectivity index is 1.76. The van der Waals surface area contributed by atoms with E-state index in [0.717, 1.165) is 11.1 Å². The number of nitrogens with zero attached hydrogens (tertiary/aromatic N) is 1. The zero-order chi connectivity index (χ0) is 18.2. The minimum Gasteiger partial charge on any atom is -0.482 e. The van der Waals surface area contributed by atoms with Gasteiger partial charge in [0.25, 0.3) is 5.91 Å². The van der Waals surface area contributed by atoms with Gasteiger partial charge in [-0.05, 0) is 55.3 Å². The van der Waals surface area contributed by atoms with Crippen LogP contribution in [0.25, 0.3) is 0 Å². The van der Waals surface area contributed by atoms with Crippen molar-refractivity contribution in [2.24, 2.45) is 0 Å². The Morgan fingerprint density at radius 2 is 1.80 bits per heavy atom. The number of anilines is 1. The van der Waals surface area contributed by atoms with E-state index in [1.165, 1.54) is 0 Å². The van der Waals surface area contributed by atoms with E-state index >= 15 is 0 Å². The highest BCUT2D eigenvalue weighted by molar-refractivity contribution is 5.92. The number of nitriles is 1. The maximum atomic E-state index is 11.8. The van der Waals surface area contributed by atoms with Crippen LogP contribution in [0.5, 0.6) is 5.75 Å². The fourth-order valence-electron chi connectivity index (χ4n) is 2.03. The van der Waals surface area contributed by atoms with Crippen LogP contribution in [0.15, 0.2) is 42.5 Å². The van der Waals surface area contributed by atoms with E-state index in [0.29, 0.717) is 17.0 Å². The number of rotatable bonds is 6. The number of hydrogen-bond acceptors (Lipinski definition) is 5. The summed E-state index contributed by atoms with van der Waals surface area (Å²) in [4.78, 5) is 23.4. The molecule has 1 N–H and O–H groups in total. The number of esters is 1. The van der Waals surface area contributed by atoms with Crippen molar-refractivity contribution in [2.45, 2.75) is 13.8 Å². The molecule has 6 heteroatoms. The van der Waals surface area contributed by atoms with Gasteiger partial charge in [-0.3, -0.25) is 4.79 Å². The minimum atomic E-state index is -0.629. The molecule has 0 spiro atoms. The molecule has 0 aromatic heterocycles. The fourth-order valence-corrected chi connectivity index (χ4v) is 2.03. The van der Waals surface area contributed by atoms with Gasteiger partial charge in [0, 0.05) is 5.69 Å². The van der Waals surface area contributed by atoms with Crippen LogP contribution in [0, 0.1) is 25.2 Å². The second-order valence-electron chi connectivity index (χ2n) is 5.38. The molecule has 0 saturated carbocycles. The molecule has 2 aromatic rings. The molecule has 25 heavy (non-hydrogen) atoms. The van der Waals surface area contributed by atoms with Gasteiger partial charge in [-0.15, -0.1) is 0 Å². The average Bonchev–Trinajstić information content (AvgIpc) is 2.62. The molecule has 0 saturated heterocycles. The topological polar surface area (TPSA) is 88.4 Å². The van der Waals surface area contributed by atoms with Crippen molar-refractivity contribution in [3.63, 3.8) is 0 Å². The maximum absolute atomic E-state index is 11.8. The Labute approximate surface area is 146 Å². The second-order valence-corrected chi connectivity index (χ2v) is 5.38. The summed E-state index contributed by atoms with van der Waals surface area (Å²) in [6.45, 7) is 3.18. The van der Waals surface area contributed by atoms with Gasteiger partial charge >= 0.3 is 5.97 Å². The van der Waals surface area contributed by atoms with E-state index in [9.17, 15) is 9.59 Å². The summed E-state index contributed by atoms with van der Waals surface area (Å²) >= 11 is 0. The predicted octanol–water partition coefficient (Wildman–Crippen LogP) is 2.74. The molecule has 2 rings (SSSR count). The van der Waals surface area contributed by atoms with Gasteiger partial charge in [-0.25, -0.2) is 4.79 Å². The van der Waals surface area contributed by atoms with Crippen molar-refractivity contribution >= 4 is 17.6 Å². The predicted molar refractivity (Wildman–Crippen MR) is 92.2 cm³/mol. The third kappa shape index (κ3) is 5.36. The van der Waals surface area contributed by atoms with Crippen LogP contribution in [0.1, 0.15) is 16.7 Å². The molecule has 0 unspecified atom stereocenters. The molecule has 1 amide bonds. The van der Waals surface area contributed by atoms with Gasteiger partial charge in [0.05, 0.1) is 11.6 Å². The third-order valence-electron chi connectivity index (χ3n) is 3.56. The molecular weight excluding hydrogens is 320 g/mol. The standard InChI is InChI=1S/C19H18N2O4/c1-13-4-3-5-17(14(13)2)24-12-19(23)25-11-18(22)21-16-8-6-15(10-20)7-9-16/h3-9H,11-12H2,1-2H3,(H,21,22). The Kier molecular flexibility index (Phi) is 6.13. The highest BCUT2D eigenvalue weighted by atomic mass is 16.6. The molecule has 0 heterocycles. The number of amides is 1. The van der Waals surface area contributed by atoms with E-state index in [-0.39, 0.29) is 6.61 Å². The monoisotopic (exact) mass is 338 g/mol. The van der Waals surface area contributed by atoms with Crippen molar-refractivity contribution < 1.29 is 19.1 Å². The van der Waals surface area contributed by atoms with Gasteiger partial charge in [0.1, 0.15) is 5.75 Å². The van der Waals surface area contributed by atoms with Crippen LogP contribution in [-0.2, 0) is 14.3 Å². The highest BCUT2D eigenvalue weighted by Crippen LogP contribution is 2.20. The van der Waals surface area contributed by atoms with Crippen molar-refractivity contribution in [1.82, 2.24) is 0 Å². The van der Waals surface area contributed by atoms with E-state index in [1.54, 1.807) is 30.3 Å². The summed E-state index contributed by atoms with van der Waals surface area (Å²) in [7, 11) is 0. The highest BCUT2D eigenvalue weighted by Gasteiger charge is 2.10. The van der Waals surface area contributed by atoms with Crippen LogP contribution in [-0.4, -0.2) is 25.1 Å². The lowest BCUT2D eigenvalue weighted by Crippen LogP contribution is -2.23. The quantitative estimate of drug-likeness (QED) is 0.818. The number of benzene rings is 2. The van der Waals surface area contributed by atoms with E-state index in [4.69, 9.17) is 14.7 Å². The summed E-state index contributed by atoms with van der Waals surface area (Å²) in [5, 5.41) is 11.3. The number of hydrogen-bond donors (Lipinski definition) is 1. The maximum Gasteiger partial charge on any atom is 0.344 e. The lowest BCUT2D eigenvalue weighted by atomic mass is 10.1. The van der Waals surface area contributed by atoms with E-state index < -0.39 is 18.5 Å². The SMILES string of the molecule is Cc1cccc(OCC(=O)OCC(=O)Nc2ccc(C#N)cc2)c1C. The van der Waals surface area contributed by atoms with Gasteiger partial charge in [0.15, 0.2) is 13.2 Å². The van der Waals surface area contributed by atoms with Crippen molar-refractivity contribution in [2.75, 3.05) is 18.5 Å². The van der Waals surface area contributed by atoms with Crippen LogP contribution >= 0.6 is 0 Å². The van der Waals surface area contributed by atoms with Crippen LogP contribution in [0.4, 0.5) is 5.69 Å². The molecule has 0 atom stereocenters. The largest absolute Gasteiger partial charge is 0.482 e. The molecule has 2 aromatic carbocycles. The summed E-state index contributed by atoms with van der Waals surface area (Å²) < 4.78 is 10.3. The Morgan fingerprint density at radius 1 is 1.08 bits per heavy atom. The normalized spacial score (nSPS) is 9.80. The molecular formula is C19H18N2O4. The van der Waals surface area contributed by atoms with Crippen molar-refractivity contribution in [3.05, 3.63) is 59.2 Å². The molecule has 0 aliphatic heterocycles. The molecule has 0 aliphatic rings. The third-order valence-corrected chi connectivity index (χ3v) is 3.56. The Morgan fingerprint density at radius 3 is 2.48 bits per heavy atom. The van der Waals surface area contributed by atoms with E-state index in [2.05, 4.69) is 5.32 Å². The first-order valence-electron chi connectivity index (χ1n) is 7.64. The van der Waals surface area contributed by atoms with Crippen molar-refractivity contribution in [1.29, 1.82) is 5.26 Å². The lowest BCUT2D eigenvalue weighted by Gasteiger charge is -2.10. The van der Waals surface area contributed by atoms with Gasteiger partial charge in [-0.1, -0.05) is 12.1 Å². The zero-order valence-electron chi connectivity index (χ0n) is 14.0. The lowest BCUT2D eigenvalue weighted by molar-refractivity contribution is -0.149. The molecule has 0 fully saturated rings. The molecule has 0 aliphatic carbocycles. The van der Waals surface area contributed by atoms with Crippen LogP contribution < -0.4 is 10.1 Å². The molecule has 0 bridgehead atoms. The Bertz CT molecular complexity index is 807. The molecule has 6 nitrogen and oxygen atoms in total. The number of ether oxygens (including phenoxy) is 2. The second kappa shape index (κ2) is 8.50. The number of nitrogens with one attached hydrogen (secondary N) is 1. The van der Waals surface area contributed by atoms with Crippen LogP contribution in [0.3, 0.4) is 0 Å². The fraction of sp³-hybridized carbons (Fsp3) is 0.211. The number of aryl methyl sites for hydroxylation is 1. The van der Waals surface area contributed by atoms with E-state index in [1.807, 2.05) is 32.0 Å². The summed E-state index contributed by atoms with van der Waals surface area (Å²) in [5.41, 5.74) is 3.03. The first-order valence-corrected chi connectivity index (χ1v) is 7.64. The molecule has 0 radical (unpaired) electrons. The van der Waals surface area contributed by atoms with Gasteiger partial charge < -0.3 is 14.8 Å².